The maximum Gasteiger partial charge on any atom is 0.338 e. The number of methoxy groups -OCH3 is 1. The van der Waals surface area contributed by atoms with Crippen LogP contribution in [0.15, 0.2) is 65.1 Å². The van der Waals surface area contributed by atoms with Crippen LogP contribution in [0.2, 0.25) is 0 Å². The average molecular weight is 544 g/mol. The van der Waals surface area contributed by atoms with Gasteiger partial charge in [0.25, 0.3) is 0 Å². The van der Waals surface area contributed by atoms with Crippen molar-refractivity contribution in [2.24, 2.45) is 0 Å². The Balaban J connectivity index is 1.88. The van der Waals surface area contributed by atoms with Crippen LogP contribution in [-0.4, -0.2) is 52.5 Å². The van der Waals surface area contributed by atoms with E-state index in [1.807, 2.05) is 24.3 Å². The van der Waals surface area contributed by atoms with Crippen LogP contribution in [0.1, 0.15) is 57.3 Å². The van der Waals surface area contributed by atoms with Crippen LogP contribution in [0.3, 0.4) is 0 Å². The van der Waals surface area contributed by atoms with Gasteiger partial charge in [0, 0.05) is 61.1 Å². The van der Waals surface area contributed by atoms with Gasteiger partial charge in [-0.05, 0) is 76.8 Å². The Labute approximate surface area is 238 Å². The zero-order valence-electron chi connectivity index (χ0n) is 24.7. The van der Waals surface area contributed by atoms with Gasteiger partial charge in [-0.2, -0.15) is 0 Å². The van der Waals surface area contributed by atoms with Gasteiger partial charge in [0.2, 0.25) is 5.36 Å². The van der Waals surface area contributed by atoms with Crippen molar-refractivity contribution in [3.63, 3.8) is 0 Å². The van der Waals surface area contributed by atoms with Gasteiger partial charge in [-0.3, -0.25) is 0 Å². The molecule has 2 aliphatic rings. The van der Waals surface area contributed by atoms with Crippen molar-refractivity contribution in [3.05, 3.63) is 71.6 Å². The molecule has 6 nitrogen and oxygen atoms in total. The standard InChI is InChI=1S/C34H43N2O4/c1-6-35(7-2)25-17-19-29-31(23-25)40-32-24-26(36(8-3)9-4)18-20-30(32)33(29)27-15-11-12-16-28(27)34(37)39-22-14-10-13-21-38-5/h11-12,15-20,23-24H,6-10,13-14,21-22H2,1-5H3/q+1. The molecule has 0 bridgehead atoms. The highest BCUT2D eigenvalue weighted by atomic mass is 16.5. The molecule has 2 aromatic rings. The van der Waals surface area contributed by atoms with Crippen LogP contribution in [0.4, 0.5) is 5.69 Å². The van der Waals surface area contributed by atoms with E-state index in [1.54, 1.807) is 7.11 Å². The molecule has 0 unspecified atom stereocenters. The summed E-state index contributed by atoms with van der Waals surface area (Å²) in [6, 6.07) is 20.5. The molecule has 1 aliphatic heterocycles. The Morgan fingerprint density at radius 2 is 1.60 bits per heavy atom. The van der Waals surface area contributed by atoms with Crippen LogP contribution < -0.4 is 14.8 Å². The molecule has 0 radical (unpaired) electrons. The molecule has 0 atom stereocenters. The Bertz CT molecular complexity index is 1460. The first kappa shape index (κ1) is 29.3. The first-order valence-corrected chi connectivity index (χ1v) is 14.6. The van der Waals surface area contributed by atoms with Gasteiger partial charge in [0.15, 0.2) is 0 Å². The van der Waals surface area contributed by atoms with E-state index in [1.165, 1.54) is 0 Å². The van der Waals surface area contributed by atoms with Gasteiger partial charge in [-0.25, -0.2) is 9.37 Å². The maximum absolute atomic E-state index is 13.4. The third-order valence-electron chi connectivity index (χ3n) is 7.59. The second-order valence-electron chi connectivity index (χ2n) is 9.92. The van der Waals surface area contributed by atoms with E-state index in [4.69, 9.17) is 13.9 Å². The molecule has 0 fully saturated rings. The molecule has 0 saturated carbocycles. The lowest BCUT2D eigenvalue weighted by atomic mass is 9.90. The van der Waals surface area contributed by atoms with E-state index >= 15 is 0 Å². The molecule has 0 aromatic heterocycles. The molecule has 1 aliphatic carbocycles. The first-order valence-electron chi connectivity index (χ1n) is 14.6. The van der Waals surface area contributed by atoms with Crippen molar-refractivity contribution in [2.45, 2.75) is 47.0 Å². The minimum Gasteiger partial charge on any atom is -0.462 e. The Morgan fingerprint density at radius 3 is 2.33 bits per heavy atom. The van der Waals surface area contributed by atoms with Crippen molar-refractivity contribution < 1.29 is 18.7 Å². The van der Waals surface area contributed by atoms with Gasteiger partial charge in [0.05, 0.1) is 18.2 Å². The highest BCUT2D eigenvalue weighted by molar-refractivity contribution is 6.08. The van der Waals surface area contributed by atoms with Crippen LogP contribution in [0.5, 0.6) is 0 Å². The summed E-state index contributed by atoms with van der Waals surface area (Å²) < 4.78 is 19.8. The number of hydrogen-bond donors (Lipinski definition) is 0. The third-order valence-corrected chi connectivity index (χ3v) is 7.59. The van der Waals surface area contributed by atoms with E-state index in [-0.39, 0.29) is 5.97 Å². The largest absolute Gasteiger partial charge is 0.462 e. The van der Waals surface area contributed by atoms with E-state index in [9.17, 15) is 4.79 Å². The Hall–Kier alpha value is -3.64. The third kappa shape index (κ3) is 6.39. The van der Waals surface area contributed by atoms with E-state index in [2.05, 4.69) is 73.6 Å². The van der Waals surface area contributed by atoms with Crippen molar-refractivity contribution >= 4 is 22.6 Å². The van der Waals surface area contributed by atoms with Gasteiger partial charge in [0.1, 0.15) is 24.4 Å². The molecule has 6 heteroatoms. The normalized spacial score (nSPS) is 11.2. The number of anilines is 1. The minimum atomic E-state index is -0.302. The molecular formula is C34H43N2O4+. The summed E-state index contributed by atoms with van der Waals surface area (Å²) >= 11 is 0. The number of carbonyl (C=O) groups excluding carboxylic acids is 1. The lowest BCUT2D eigenvalue weighted by molar-refractivity contribution is 0.0496. The summed E-state index contributed by atoms with van der Waals surface area (Å²) in [6.07, 6.45) is 2.73. The first-order chi connectivity index (χ1) is 19.6. The van der Waals surface area contributed by atoms with Crippen LogP contribution in [0, 0.1) is 0 Å². The lowest BCUT2D eigenvalue weighted by Gasteiger charge is -2.22. The predicted molar refractivity (Wildman–Crippen MR) is 164 cm³/mol. The highest BCUT2D eigenvalue weighted by Crippen LogP contribution is 2.42. The van der Waals surface area contributed by atoms with Crippen molar-refractivity contribution in [2.75, 3.05) is 51.4 Å². The summed E-state index contributed by atoms with van der Waals surface area (Å²) in [5, 5.41) is 2.09. The molecule has 212 valence electrons. The molecule has 0 N–H and O–H groups in total. The van der Waals surface area contributed by atoms with E-state index in [0.717, 1.165) is 96.5 Å². The fourth-order valence-corrected chi connectivity index (χ4v) is 5.38. The number of carbonyl (C=O) groups is 1. The van der Waals surface area contributed by atoms with Gasteiger partial charge < -0.3 is 18.8 Å². The van der Waals surface area contributed by atoms with Crippen molar-refractivity contribution in [3.8, 4) is 22.5 Å². The number of benzene rings is 3. The smallest absolute Gasteiger partial charge is 0.338 e. The van der Waals surface area contributed by atoms with Crippen LogP contribution in [-0.2, 0) is 9.47 Å². The monoisotopic (exact) mass is 543 g/mol. The maximum atomic E-state index is 13.4. The molecule has 4 rings (SSSR count). The van der Waals surface area contributed by atoms with Crippen molar-refractivity contribution in [1.29, 1.82) is 0 Å². The zero-order valence-corrected chi connectivity index (χ0v) is 24.7. The second-order valence-corrected chi connectivity index (χ2v) is 9.92. The molecule has 0 saturated heterocycles. The summed E-state index contributed by atoms with van der Waals surface area (Å²) in [6.45, 7) is 13.4. The van der Waals surface area contributed by atoms with Gasteiger partial charge in [-0.15, -0.1) is 0 Å². The van der Waals surface area contributed by atoms with Crippen LogP contribution in [0.25, 0.3) is 33.4 Å². The quantitative estimate of drug-likeness (QED) is 0.0800. The summed E-state index contributed by atoms with van der Waals surface area (Å²) in [5.74, 6) is 0.494. The summed E-state index contributed by atoms with van der Waals surface area (Å²) in [5.41, 5.74) is 5.29. The molecule has 40 heavy (non-hydrogen) atoms. The Kier molecular flexibility index (Phi) is 10.4. The number of rotatable bonds is 13. The molecule has 0 amide bonds. The fourth-order valence-electron chi connectivity index (χ4n) is 5.38. The number of hydrogen-bond acceptors (Lipinski definition) is 5. The molecular weight excluding hydrogens is 500 g/mol. The zero-order chi connectivity index (χ0) is 28.5. The van der Waals surface area contributed by atoms with E-state index in [0.29, 0.717) is 12.2 Å². The lowest BCUT2D eigenvalue weighted by Crippen LogP contribution is -2.29. The number of ether oxygens (including phenoxy) is 2. The van der Waals surface area contributed by atoms with Gasteiger partial charge in [-0.1, -0.05) is 18.2 Å². The van der Waals surface area contributed by atoms with Crippen molar-refractivity contribution in [1.82, 2.24) is 4.58 Å². The van der Waals surface area contributed by atoms with E-state index < -0.39 is 0 Å². The SMILES string of the molecule is CCN(CC)c1ccc2c(-c3ccccc3C(=O)OCCCCCOC)c3ccc(=[N+](CC)CC)cc-3oc2c1. The molecule has 2 aromatic carbocycles. The molecule has 0 spiro atoms. The van der Waals surface area contributed by atoms with Crippen LogP contribution >= 0.6 is 0 Å². The highest BCUT2D eigenvalue weighted by Gasteiger charge is 2.23. The fraction of sp³-hybridized carbons (Fsp3) is 0.412. The molecule has 1 heterocycles. The number of esters is 1. The number of fused-ring (bicyclic) bond motifs is 2. The summed E-state index contributed by atoms with van der Waals surface area (Å²) in [7, 11) is 1.70. The minimum absolute atomic E-state index is 0.302. The predicted octanol–water partition coefficient (Wildman–Crippen LogP) is 6.84. The number of nitrogens with zero attached hydrogens (tertiary/aromatic N) is 2. The summed E-state index contributed by atoms with van der Waals surface area (Å²) in [4.78, 5) is 15.7. The Morgan fingerprint density at radius 1 is 0.850 bits per heavy atom. The average Bonchev–Trinajstić information content (AvgIpc) is 2.98. The second kappa shape index (κ2) is 14.1. The number of unbranched alkanes of at least 4 members (excludes halogenated alkanes) is 2. The van der Waals surface area contributed by atoms with Gasteiger partial charge >= 0.3 is 5.97 Å². The topological polar surface area (TPSA) is 54.9 Å².